The van der Waals surface area contributed by atoms with E-state index in [2.05, 4.69) is 25.8 Å². The summed E-state index contributed by atoms with van der Waals surface area (Å²) in [6.45, 7) is 9.01. The quantitative estimate of drug-likeness (QED) is 0.263. The van der Waals surface area contributed by atoms with E-state index in [1.807, 2.05) is 26.0 Å². The first-order valence-corrected chi connectivity index (χ1v) is 10.00. The molecule has 1 aliphatic heterocycles. The topological polar surface area (TPSA) is 78.0 Å². The third-order valence-electron chi connectivity index (χ3n) is 4.50. The number of benzene rings is 1. The van der Waals surface area contributed by atoms with E-state index in [1.165, 1.54) is 12.1 Å². The molecule has 0 radical (unpaired) electrons. The molecule has 164 valence electrons. The number of morpholine rings is 1. The Morgan fingerprint density at radius 3 is 2.48 bits per heavy atom. The highest BCUT2D eigenvalue weighted by atomic mass is 127. The highest BCUT2D eigenvalue weighted by Gasteiger charge is 2.23. The maximum absolute atomic E-state index is 13.4. The second kappa shape index (κ2) is 14.5. The fourth-order valence-electron chi connectivity index (χ4n) is 3.04. The van der Waals surface area contributed by atoms with Crippen LogP contribution in [0.25, 0.3) is 0 Å². The number of guanidine groups is 1. The van der Waals surface area contributed by atoms with E-state index in [1.54, 1.807) is 0 Å². The monoisotopic (exact) mass is 521 g/mol. The third kappa shape index (κ3) is 9.26. The zero-order valence-electron chi connectivity index (χ0n) is 17.2. The smallest absolute Gasteiger partial charge is 0.241 e. The van der Waals surface area contributed by atoms with E-state index in [0.29, 0.717) is 38.8 Å². The molecule has 2 rings (SSSR count). The third-order valence-corrected chi connectivity index (χ3v) is 4.50. The summed E-state index contributed by atoms with van der Waals surface area (Å²) in [5.74, 6) is 0.252. The van der Waals surface area contributed by atoms with E-state index < -0.39 is 0 Å². The summed E-state index contributed by atoms with van der Waals surface area (Å²) in [6, 6.07) is 6.67. The van der Waals surface area contributed by atoms with Crippen molar-refractivity contribution in [1.29, 1.82) is 0 Å². The minimum atomic E-state index is -0.245. The van der Waals surface area contributed by atoms with Crippen LogP contribution in [0, 0.1) is 5.82 Å². The first-order chi connectivity index (χ1) is 13.6. The summed E-state index contributed by atoms with van der Waals surface area (Å²) in [6.07, 6.45) is 0.896. The molecule has 0 bridgehead atoms. The summed E-state index contributed by atoms with van der Waals surface area (Å²) >= 11 is 0. The van der Waals surface area contributed by atoms with Gasteiger partial charge in [-0.25, -0.2) is 9.38 Å². The molecule has 7 nitrogen and oxygen atoms in total. The number of aliphatic imine (C=N–C) groups is 1. The van der Waals surface area contributed by atoms with Crippen LogP contribution in [0.4, 0.5) is 4.39 Å². The Bertz CT molecular complexity index is 624. The molecule has 1 aromatic rings. The summed E-state index contributed by atoms with van der Waals surface area (Å²) in [7, 11) is 0. The van der Waals surface area contributed by atoms with Gasteiger partial charge in [-0.1, -0.05) is 19.1 Å². The summed E-state index contributed by atoms with van der Waals surface area (Å²) < 4.78 is 18.8. The summed E-state index contributed by atoms with van der Waals surface area (Å²) in [5.41, 5.74) is 1.03. The molecule has 0 aromatic heterocycles. The number of hydrogen-bond acceptors (Lipinski definition) is 4. The van der Waals surface area contributed by atoms with Crippen molar-refractivity contribution in [2.45, 2.75) is 26.3 Å². The van der Waals surface area contributed by atoms with Crippen molar-refractivity contribution >= 4 is 35.8 Å². The Morgan fingerprint density at radius 2 is 1.86 bits per heavy atom. The number of carbonyl (C=O) groups excluding carboxylic acids is 1. The highest BCUT2D eigenvalue weighted by Crippen LogP contribution is 2.21. The number of hydrogen-bond donors (Lipinski definition) is 3. The van der Waals surface area contributed by atoms with Gasteiger partial charge in [0.1, 0.15) is 12.4 Å². The molecule has 3 N–H and O–H groups in total. The largest absolute Gasteiger partial charge is 0.379 e. The predicted octanol–water partition coefficient (Wildman–Crippen LogP) is 1.90. The number of rotatable bonds is 9. The first-order valence-electron chi connectivity index (χ1n) is 10.00. The average molecular weight is 521 g/mol. The molecule has 1 unspecified atom stereocenters. The summed E-state index contributed by atoms with van der Waals surface area (Å²) in [5, 5.41) is 9.31. The lowest BCUT2D eigenvalue weighted by Crippen LogP contribution is -2.46. The van der Waals surface area contributed by atoms with Gasteiger partial charge in [0.2, 0.25) is 5.91 Å². The van der Waals surface area contributed by atoms with E-state index in [-0.39, 0.29) is 48.3 Å². The van der Waals surface area contributed by atoms with Crippen LogP contribution in [0.5, 0.6) is 0 Å². The normalized spacial score (nSPS) is 15.9. The van der Waals surface area contributed by atoms with E-state index in [4.69, 9.17) is 4.74 Å². The second-order valence-electron chi connectivity index (χ2n) is 6.64. The molecule has 9 heteroatoms. The summed E-state index contributed by atoms with van der Waals surface area (Å²) in [4.78, 5) is 18.5. The van der Waals surface area contributed by atoms with Crippen LogP contribution in [0.3, 0.4) is 0 Å². The molecule has 1 saturated heterocycles. The molecule has 1 amide bonds. The van der Waals surface area contributed by atoms with Crippen LogP contribution < -0.4 is 16.0 Å². The zero-order chi connectivity index (χ0) is 20.2. The lowest BCUT2D eigenvalue weighted by Gasteiger charge is -2.35. The van der Waals surface area contributed by atoms with Crippen molar-refractivity contribution in [2.24, 2.45) is 4.99 Å². The first kappa shape index (κ1) is 25.6. The molecule has 1 aromatic carbocycles. The molecule has 0 saturated carbocycles. The van der Waals surface area contributed by atoms with Crippen molar-refractivity contribution in [3.05, 3.63) is 35.6 Å². The molecule has 0 aliphatic carbocycles. The van der Waals surface area contributed by atoms with Gasteiger partial charge in [0.15, 0.2) is 5.96 Å². The van der Waals surface area contributed by atoms with Gasteiger partial charge in [0.05, 0.1) is 19.3 Å². The van der Waals surface area contributed by atoms with Crippen molar-refractivity contribution in [3.63, 3.8) is 0 Å². The number of amides is 1. The van der Waals surface area contributed by atoms with Gasteiger partial charge in [-0.2, -0.15) is 0 Å². The maximum atomic E-state index is 13.4. The lowest BCUT2D eigenvalue weighted by molar-refractivity contribution is -0.119. The van der Waals surface area contributed by atoms with Gasteiger partial charge >= 0.3 is 0 Å². The van der Waals surface area contributed by atoms with Gasteiger partial charge in [0.25, 0.3) is 0 Å². The van der Waals surface area contributed by atoms with E-state index in [0.717, 1.165) is 25.1 Å². The zero-order valence-corrected chi connectivity index (χ0v) is 19.6. The van der Waals surface area contributed by atoms with E-state index >= 15 is 0 Å². The van der Waals surface area contributed by atoms with E-state index in [9.17, 15) is 9.18 Å². The van der Waals surface area contributed by atoms with Crippen molar-refractivity contribution in [3.8, 4) is 0 Å². The number of halogens is 2. The number of carbonyl (C=O) groups is 1. The van der Waals surface area contributed by atoms with Gasteiger partial charge < -0.3 is 20.7 Å². The number of nitrogens with one attached hydrogen (secondary N) is 3. The molecular weight excluding hydrogens is 488 g/mol. The van der Waals surface area contributed by atoms with Crippen LogP contribution in [0.15, 0.2) is 29.3 Å². The SMILES string of the molecule is CCCNC(=O)CN=C(NCC)NCC(c1ccc(F)cc1)N1CCOCC1.I. The Labute approximate surface area is 189 Å². The Hall–Kier alpha value is -1.46. The molecule has 1 heterocycles. The standard InChI is InChI=1S/C20H32FN5O2.HI/c1-3-9-23-19(27)15-25-20(22-4-2)24-14-18(26-10-12-28-13-11-26)16-5-7-17(21)8-6-16;/h5-8,18H,3-4,9-15H2,1-2H3,(H,23,27)(H2,22,24,25);1H. The van der Waals surface area contributed by atoms with Crippen molar-refractivity contribution in [2.75, 3.05) is 52.5 Å². The maximum Gasteiger partial charge on any atom is 0.241 e. The van der Waals surface area contributed by atoms with Crippen LogP contribution in [0.1, 0.15) is 31.9 Å². The van der Waals surface area contributed by atoms with Gasteiger partial charge in [-0.05, 0) is 31.0 Å². The van der Waals surface area contributed by atoms with Gasteiger partial charge in [-0.3, -0.25) is 9.69 Å². The fraction of sp³-hybridized carbons (Fsp3) is 0.600. The molecule has 29 heavy (non-hydrogen) atoms. The molecule has 1 aliphatic rings. The van der Waals surface area contributed by atoms with Crippen LogP contribution in [-0.2, 0) is 9.53 Å². The number of nitrogens with zero attached hydrogens (tertiary/aromatic N) is 2. The average Bonchev–Trinajstić information content (AvgIpc) is 2.72. The van der Waals surface area contributed by atoms with Crippen molar-refractivity contribution < 1.29 is 13.9 Å². The minimum absolute atomic E-state index is 0. The Balaban J connectivity index is 0.00000420. The number of ether oxygens (including phenoxy) is 1. The van der Waals surface area contributed by atoms with Crippen LogP contribution in [0.2, 0.25) is 0 Å². The highest BCUT2D eigenvalue weighted by molar-refractivity contribution is 14.0. The van der Waals surface area contributed by atoms with Crippen LogP contribution in [-0.4, -0.2) is 69.2 Å². The van der Waals surface area contributed by atoms with Gasteiger partial charge in [0, 0.05) is 32.7 Å². The Kier molecular flexibility index (Phi) is 12.8. The van der Waals surface area contributed by atoms with Gasteiger partial charge in [-0.15, -0.1) is 24.0 Å². The molecule has 1 atom stereocenters. The fourth-order valence-corrected chi connectivity index (χ4v) is 3.04. The predicted molar refractivity (Wildman–Crippen MR) is 124 cm³/mol. The van der Waals surface area contributed by atoms with Crippen molar-refractivity contribution in [1.82, 2.24) is 20.9 Å². The lowest BCUT2D eigenvalue weighted by atomic mass is 10.0. The second-order valence-corrected chi connectivity index (χ2v) is 6.64. The molecular formula is C20H33FIN5O2. The Morgan fingerprint density at radius 1 is 1.17 bits per heavy atom. The van der Waals surface area contributed by atoms with Crippen LogP contribution >= 0.6 is 24.0 Å². The molecule has 1 fully saturated rings. The minimum Gasteiger partial charge on any atom is -0.379 e. The molecule has 0 spiro atoms.